The second-order valence-corrected chi connectivity index (χ2v) is 7.31. The number of carbonyl (C=O) groups is 3. The van der Waals surface area contributed by atoms with Crippen LogP contribution >= 0.6 is 11.6 Å². The van der Waals surface area contributed by atoms with Gasteiger partial charge in [0, 0.05) is 36.5 Å². The number of benzene rings is 2. The first-order chi connectivity index (χ1) is 15.9. The Morgan fingerprint density at radius 3 is 2.55 bits per heavy atom. The highest BCUT2D eigenvalue weighted by Crippen LogP contribution is 2.21. The van der Waals surface area contributed by atoms with Crippen molar-refractivity contribution in [1.29, 1.82) is 0 Å². The molecule has 0 atom stereocenters. The molecular formula is C23H27ClN4O5. The van der Waals surface area contributed by atoms with Gasteiger partial charge in [0.1, 0.15) is 5.75 Å². The van der Waals surface area contributed by atoms with Crippen LogP contribution in [0.5, 0.6) is 5.75 Å². The maximum Gasteiger partial charge on any atom is 0.329 e. The highest BCUT2D eigenvalue weighted by molar-refractivity contribution is 6.35. The van der Waals surface area contributed by atoms with Crippen molar-refractivity contribution in [3.05, 3.63) is 58.6 Å². The zero-order valence-corrected chi connectivity index (χ0v) is 19.3. The lowest BCUT2D eigenvalue weighted by molar-refractivity contribution is -0.139. The fraction of sp³-hybridized carbons (Fsp3) is 0.304. The van der Waals surface area contributed by atoms with Gasteiger partial charge in [0.15, 0.2) is 6.61 Å². The molecule has 0 aliphatic heterocycles. The third kappa shape index (κ3) is 9.30. The molecule has 10 heteroatoms. The highest BCUT2D eigenvalue weighted by Gasteiger charge is 2.12. The summed E-state index contributed by atoms with van der Waals surface area (Å²) in [7, 11) is 1.55. The number of methoxy groups -OCH3 is 1. The van der Waals surface area contributed by atoms with E-state index in [1.54, 1.807) is 25.3 Å². The van der Waals surface area contributed by atoms with Crippen molar-refractivity contribution in [1.82, 2.24) is 10.7 Å². The zero-order chi connectivity index (χ0) is 24.1. The summed E-state index contributed by atoms with van der Waals surface area (Å²) in [4.78, 5) is 35.7. The molecule has 3 amide bonds. The first-order valence-corrected chi connectivity index (χ1v) is 10.7. The smallest absolute Gasteiger partial charge is 0.329 e. The molecule has 0 aromatic heterocycles. The van der Waals surface area contributed by atoms with Crippen molar-refractivity contribution >= 4 is 41.2 Å². The van der Waals surface area contributed by atoms with Gasteiger partial charge in [0.25, 0.3) is 5.91 Å². The monoisotopic (exact) mass is 474 g/mol. The fourth-order valence-corrected chi connectivity index (χ4v) is 2.81. The van der Waals surface area contributed by atoms with Gasteiger partial charge >= 0.3 is 11.8 Å². The Kier molecular flexibility index (Phi) is 10.9. The molecule has 0 saturated heterocycles. The first-order valence-electron chi connectivity index (χ1n) is 10.3. The number of hydrazone groups is 1. The molecule has 33 heavy (non-hydrogen) atoms. The number of ether oxygens (including phenoxy) is 2. The van der Waals surface area contributed by atoms with E-state index in [4.69, 9.17) is 21.1 Å². The Bertz CT molecular complexity index is 979. The van der Waals surface area contributed by atoms with Crippen LogP contribution in [0.15, 0.2) is 47.6 Å². The van der Waals surface area contributed by atoms with E-state index in [1.165, 1.54) is 11.8 Å². The molecule has 9 nitrogen and oxygen atoms in total. The molecule has 0 saturated carbocycles. The molecule has 3 N–H and O–H groups in total. The SMILES string of the molecule is CCc1ccc(NC(=O)COc2ccc(Cl)cc2/C=N\NC(=O)C(=O)NCCCOC)cc1. The van der Waals surface area contributed by atoms with Gasteiger partial charge in [-0.15, -0.1) is 0 Å². The Morgan fingerprint density at radius 1 is 1.09 bits per heavy atom. The minimum absolute atomic E-state index is 0.242. The van der Waals surface area contributed by atoms with Crippen LogP contribution in [0.3, 0.4) is 0 Å². The Balaban J connectivity index is 1.90. The second-order valence-electron chi connectivity index (χ2n) is 6.87. The highest BCUT2D eigenvalue weighted by atomic mass is 35.5. The molecule has 2 aromatic carbocycles. The van der Waals surface area contributed by atoms with Gasteiger partial charge in [-0.1, -0.05) is 30.7 Å². The van der Waals surface area contributed by atoms with Crippen molar-refractivity contribution in [3.8, 4) is 5.75 Å². The van der Waals surface area contributed by atoms with Crippen LogP contribution in [-0.2, 0) is 25.5 Å². The number of hydrogen-bond acceptors (Lipinski definition) is 6. The minimum atomic E-state index is -0.915. The Hall–Kier alpha value is -3.43. The summed E-state index contributed by atoms with van der Waals surface area (Å²) < 4.78 is 10.5. The molecule has 0 aliphatic carbocycles. The van der Waals surface area contributed by atoms with Crippen molar-refractivity contribution in [2.24, 2.45) is 5.10 Å². The van der Waals surface area contributed by atoms with Crippen molar-refractivity contribution in [3.63, 3.8) is 0 Å². The molecule has 0 spiro atoms. The van der Waals surface area contributed by atoms with E-state index in [-0.39, 0.29) is 12.5 Å². The van der Waals surface area contributed by atoms with E-state index in [1.807, 2.05) is 24.3 Å². The summed E-state index contributed by atoms with van der Waals surface area (Å²) in [5.74, 6) is -1.73. The summed E-state index contributed by atoms with van der Waals surface area (Å²) in [6.45, 7) is 2.59. The minimum Gasteiger partial charge on any atom is -0.483 e. The van der Waals surface area contributed by atoms with Gasteiger partial charge < -0.3 is 20.1 Å². The average molecular weight is 475 g/mol. The number of aryl methyl sites for hydroxylation is 1. The molecule has 0 fully saturated rings. The number of carbonyl (C=O) groups excluding carboxylic acids is 3. The van der Waals surface area contributed by atoms with Crippen LogP contribution < -0.4 is 20.8 Å². The van der Waals surface area contributed by atoms with E-state index >= 15 is 0 Å². The lowest BCUT2D eigenvalue weighted by atomic mass is 10.1. The van der Waals surface area contributed by atoms with Gasteiger partial charge in [-0.3, -0.25) is 14.4 Å². The van der Waals surface area contributed by atoms with Crippen LogP contribution in [0, 0.1) is 0 Å². The maximum atomic E-state index is 12.2. The van der Waals surface area contributed by atoms with Crippen LogP contribution in [0.1, 0.15) is 24.5 Å². The van der Waals surface area contributed by atoms with Crippen molar-refractivity contribution < 1.29 is 23.9 Å². The molecule has 0 bridgehead atoms. The van der Waals surface area contributed by atoms with Crippen LogP contribution in [0.25, 0.3) is 0 Å². The van der Waals surface area contributed by atoms with Crippen LogP contribution in [0.4, 0.5) is 5.69 Å². The molecule has 2 aromatic rings. The number of amides is 3. The van der Waals surface area contributed by atoms with Crippen molar-refractivity contribution in [2.45, 2.75) is 19.8 Å². The summed E-state index contributed by atoms with van der Waals surface area (Å²) in [6.07, 6.45) is 2.77. The summed E-state index contributed by atoms with van der Waals surface area (Å²) in [5, 5.41) is 9.39. The standard InChI is InChI=1S/C23H27ClN4O5/c1-3-16-5-8-19(9-6-16)27-21(29)15-33-20-10-7-18(24)13-17(20)14-26-28-23(31)22(30)25-11-4-12-32-2/h5-10,13-14H,3-4,11-12,15H2,1-2H3,(H,25,30)(H,27,29)(H,28,31)/b26-14-. The lowest BCUT2D eigenvalue weighted by Crippen LogP contribution is -2.38. The number of rotatable bonds is 11. The van der Waals surface area contributed by atoms with Crippen LogP contribution in [0.2, 0.25) is 5.02 Å². The summed E-state index contributed by atoms with van der Waals surface area (Å²) in [6, 6.07) is 12.3. The van der Waals surface area contributed by atoms with E-state index in [0.29, 0.717) is 41.6 Å². The van der Waals surface area contributed by atoms with Gasteiger partial charge in [0.05, 0.1) is 6.21 Å². The molecule has 0 unspecified atom stereocenters. The van der Waals surface area contributed by atoms with E-state index in [2.05, 4.69) is 28.1 Å². The quantitative estimate of drug-likeness (QED) is 0.200. The third-order valence-electron chi connectivity index (χ3n) is 4.36. The lowest BCUT2D eigenvalue weighted by Gasteiger charge is -2.10. The van der Waals surface area contributed by atoms with Gasteiger partial charge in [-0.25, -0.2) is 5.43 Å². The van der Waals surface area contributed by atoms with Gasteiger partial charge in [-0.05, 0) is 48.7 Å². The van der Waals surface area contributed by atoms with E-state index in [9.17, 15) is 14.4 Å². The Morgan fingerprint density at radius 2 is 1.85 bits per heavy atom. The first kappa shape index (κ1) is 25.8. The normalized spacial score (nSPS) is 10.6. The molecule has 2 rings (SSSR count). The average Bonchev–Trinajstić information content (AvgIpc) is 2.81. The number of hydrogen-bond donors (Lipinski definition) is 3. The van der Waals surface area contributed by atoms with Gasteiger partial charge in [0.2, 0.25) is 0 Å². The fourth-order valence-electron chi connectivity index (χ4n) is 2.63. The third-order valence-corrected chi connectivity index (χ3v) is 4.60. The van der Waals surface area contributed by atoms with Crippen molar-refractivity contribution in [2.75, 3.05) is 32.2 Å². The molecular weight excluding hydrogens is 448 g/mol. The van der Waals surface area contributed by atoms with Gasteiger partial charge in [-0.2, -0.15) is 5.10 Å². The number of halogens is 1. The van der Waals surface area contributed by atoms with E-state index < -0.39 is 11.8 Å². The molecule has 176 valence electrons. The number of nitrogens with zero attached hydrogens (tertiary/aromatic N) is 1. The molecule has 0 aliphatic rings. The number of anilines is 1. The second kappa shape index (κ2) is 13.9. The summed E-state index contributed by atoms with van der Waals surface area (Å²) in [5.41, 5.74) is 4.39. The predicted molar refractivity (Wildman–Crippen MR) is 127 cm³/mol. The zero-order valence-electron chi connectivity index (χ0n) is 18.5. The molecule has 0 heterocycles. The molecule has 0 radical (unpaired) electrons. The topological polar surface area (TPSA) is 118 Å². The van der Waals surface area contributed by atoms with Crippen LogP contribution in [-0.4, -0.2) is 50.8 Å². The largest absolute Gasteiger partial charge is 0.483 e. The predicted octanol–water partition coefficient (Wildman–Crippen LogP) is 2.52. The number of nitrogens with one attached hydrogen (secondary N) is 3. The Labute approximate surface area is 197 Å². The maximum absolute atomic E-state index is 12.2. The summed E-state index contributed by atoms with van der Waals surface area (Å²) >= 11 is 6.03. The van der Waals surface area contributed by atoms with E-state index in [0.717, 1.165) is 6.42 Å².